The zero-order valence-corrected chi connectivity index (χ0v) is 12.4. The van der Waals surface area contributed by atoms with Crippen LogP contribution in [0.2, 0.25) is 0 Å². The fraction of sp³-hybridized carbons (Fsp3) is 0.429. The van der Waals surface area contributed by atoms with Crippen LogP contribution < -0.4 is 0 Å². The van der Waals surface area contributed by atoms with Gasteiger partial charge in [-0.2, -0.15) is 10.5 Å². The first-order valence-electron chi connectivity index (χ1n) is 6.30. The van der Waals surface area contributed by atoms with Crippen molar-refractivity contribution in [3.63, 3.8) is 0 Å². The molecule has 0 aliphatic heterocycles. The monoisotopic (exact) mass is 291 g/mol. The molecular weight excluding hydrogens is 274 g/mol. The van der Waals surface area contributed by atoms with Gasteiger partial charge in [-0.25, -0.2) is 12.7 Å². The number of hydrogen-bond acceptors (Lipinski definition) is 4. The van der Waals surface area contributed by atoms with Crippen molar-refractivity contribution < 1.29 is 8.42 Å². The molecule has 1 unspecified atom stereocenters. The molecule has 0 saturated heterocycles. The van der Waals surface area contributed by atoms with Gasteiger partial charge < -0.3 is 0 Å². The van der Waals surface area contributed by atoms with E-state index in [4.69, 9.17) is 10.5 Å². The van der Waals surface area contributed by atoms with Crippen LogP contribution in [0.3, 0.4) is 0 Å². The van der Waals surface area contributed by atoms with Crippen molar-refractivity contribution in [1.29, 1.82) is 10.5 Å². The van der Waals surface area contributed by atoms with Crippen LogP contribution in [0.1, 0.15) is 25.0 Å². The Balaban J connectivity index is 2.99. The van der Waals surface area contributed by atoms with E-state index in [2.05, 4.69) is 0 Å². The first-order chi connectivity index (χ1) is 9.44. The van der Waals surface area contributed by atoms with Crippen LogP contribution in [0.4, 0.5) is 0 Å². The van der Waals surface area contributed by atoms with Gasteiger partial charge in [0.15, 0.2) is 0 Å². The zero-order valence-electron chi connectivity index (χ0n) is 11.6. The molecule has 0 heterocycles. The summed E-state index contributed by atoms with van der Waals surface area (Å²) in [6, 6.07) is 10.7. The van der Waals surface area contributed by atoms with Crippen LogP contribution in [-0.4, -0.2) is 25.8 Å². The predicted molar refractivity (Wildman–Crippen MR) is 75.8 cm³/mol. The molecule has 20 heavy (non-hydrogen) atoms. The second kappa shape index (κ2) is 7.04. The molecule has 0 bridgehead atoms. The minimum Gasteiger partial charge on any atom is -0.212 e. The number of rotatable bonds is 6. The van der Waals surface area contributed by atoms with E-state index in [0.717, 1.165) is 0 Å². The van der Waals surface area contributed by atoms with Crippen LogP contribution in [-0.2, 0) is 15.8 Å². The highest BCUT2D eigenvalue weighted by Crippen LogP contribution is 2.15. The zero-order chi connectivity index (χ0) is 15.2. The molecule has 0 radical (unpaired) electrons. The lowest BCUT2D eigenvalue weighted by molar-refractivity contribution is 0.399. The number of nitriles is 2. The maximum absolute atomic E-state index is 12.4. The SMILES string of the molecule is CCN(CC(C)C#N)S(=O)(=O)Cc1ccccc1C#N. The fourth-order valence-corrected chi connectivity index (χ4v) is 3.50. The summed E-state index contributed by atoms with van der Waals surface area (Å²) in [5.41, 5.74) is 0.846. The normalized spacial score (nSPS) is 12.7. The van der Waals surface area contributed by atoms with Crippen molar-refractivity contribution in [1.82, 2.24) is 4.31 Å². The first kappa shape index (κ1) is 16.2. The molecule has 6 heteroatoms. The smallest absolute Gasteiger partial charge is 0.212 e. The van der Waals surface area contributed by atoms with Gasteiger partial charge in [0, 0.05) is 13.1 Å². The van der Waals surface area contributed by atoms with Crippen LogP contribution >= 0.6 is 0 Å². The second-order valence-electron chi connectivity index (χ2n) is 4.51. The summed E-state index contributed by atoms with van der Waals surface area (Å²) in [5, 5.41) is 17.8. The Bertz CT molecular complexity index is 641. The van der Waals surface area contributed by atoms with Gasteiger partial charge in [0.05, 0.1) is 29.4 Å². The van der Waals surface area contributed by atoms with Crippen molar-refractivity contribution in [3.8, 4) is 12.1 Å². The number of hydrogen-bond donors (Lipinski definition) is 0. The van der Waals surface area contributed by atoms with Crippen LogP contribution in [0.25, 0.3) is 0 Å². The Morgan fingerprint density at radius 3 is 2.50 bits per heavy atom. The molecule has 106 valence electrons. The number of nitrogens with zero attached hydrogens (tertiary/aromatic N) is 3. The summed E-state index contributed by atoms with van der Waals surface area (Å²) in [4.78, 5) is 0. The fourth-order valence-electron chi connectivity index (χ4n) is 1.83. The van der Waals surface area contributed by atoms with Gasteiger partial charge in [-0.15, -0.1) is 0 Å². The first-order valence-corrected chi connectivity index (χ1v) is 7.91. The molecule has 1 rings (SSSR count). The average Bonchev–Trinajstić information content (AvgIpc) is 2.44. The Labute approximate surface area is 120 Å². The Morgan fingerprint density at radius 1 is 1.30 bits per heavy atom. The van der Waals surface area contributed by atoms with Crippen LogP contribution in [0.5, 0.6) is 0 Å². The lowest BCUT2D eigenvalue weighted by Gasteiger charge is -2.21. The maximum atomic E-state index is 12.4. The number of benzene rings is 1. The van der Waals surface area contributed by atoms with E-state index < -0.39 is 10.0 Å². The molecule has 0 saturated carbocycles. The van der Waals surface area contributed by atoms with Gasteiger partial charge in [-0.05, 0) is 18.6 Å². The highest BCUT2D eigenvalue weighted by atomic mass is 32.2. The lowest BCUT2D eigenvalue weighted by Crippen LogP contribution is -2.35. The summed E-state index contributed by atoms with van der Waals surface area (Å²) in [6.07, 6.45) is 0. The van der Waals surface area contributed by atoms with E-state index in [0.29, 0.717) is 17.7 Å². The molecular formula is C14H17N3O2S. The number of sulfonamides is 1. The molecule has 0 amide bonds. The van der Waals surface area contributed by atoms with E-state index in [9.17, 15) is 8.42 Å². The molecule has 1 aromatic rings. The summed E-state index contributed by atoms with van der Waals surface area (Å²) >= 11 is 0. The van der Waals surface area contributed by atoms with Crippen molar-refractivity contribution >= 4 is 10.0 Å². The standard InChI is InChI=1S/C14H17N3O2S/c1-3-17(10-12(2)8-15)20(18,19)11-14-7-5-4-6-13(14)9-16/h4-7,12H,3,10-11H2,1-2H3. The third-order valence-electron chi connectivity index (χ3n) is 2.92. The van der Waals surface area contributed by atoms with Gasteiger partial charge in [0.2, 0.25) is 10.0 Å². The minimum absolute atomic E-state index is 0.171. The van der Waals surface area contributed by atoms with E-state index in [1.165, 1.54) is 4.31 Å². The molecule has 5 nitrogen and oxygen atoms in total. The van der Waals surface area contributed by atoms with Gasteiger partial charge in [-0.1, -0.05) is 25.1 Å². The quantitative estimate of drug-likeness (QED) is 0.800. The maximum Gasteiger partial charge on any atom is 0.218 e. The van der Waals surface area contributed by atoms with Crippen LogP contribution in [0.15, 0.2) is 24.3 Å². The van der Waals surface area contributed by atoms with Gasteiger partial charge in [-0.3, -0.25) is 0 Å². The van der Waals surface area contributed by atoms with Gasteiger partial charge in [0.25, 0.3) is 0 Å². The molecule has 0 aliphatic rings. The summed E-state index contributed by atoms with van der Waals surface area (Å²) in [6.45, 7) is 3.90. The summed E-state index contributed by atoms with van der Waals surface area (Å²) in [5.74, 6) is -0.584. The molecule has 0 aromatic heterocycles. The van der Waals surface area contributed by atoms with Crippen molar-refractivity contribution in [2.45, 2.75) is 19.6 Å². The molecule has 0 fully saturated rings. The van der Waals surface area contributed by atoms with E-state index in [-0.39, 0.29) is 18.2 Å². The van der Waals surface area contributed by atoms with Crippen molar-refractivity contribution in [3.05, 3.63) is 35.4 Å². The highest BCUT2D eigenvalue weighted by Gasteiger charge is 2.23. The minimum atomic E-state index is -3.53. The van der Waals surface area contributed by atoms with Crippen molar-refractivity contribution in [2.24, 2.45) is 5.92 Å². The Kier molecular flexibility index (Phi) is 5.69. The Hall–Kier alpha value is -1.89. The molecule has 0 N–H and O–H groups in total. The van der Waals surface area contributed by atoms with E-state index in [1.54, 1.807) is 38.1 Å². The molecule has 0 aliphatic carbocycles. The van der Waals surface area contributed by atoms with E-state index >= 15 is 0 Å². The molecule has 1 aromatic carbocycles. The third kappa shape index (κ3) is 4.06. The van der Waals surface area contributed by atoms with Crippen LogP contribution in [0, 0.1) is 28.6 Å². The molecule has 1 atom stereocenters. The largest absolute Gasteiger partial charge is 0.218 e. The summed E-state index contributed by atoms with van der Waals surface area (Å²) < 4.78 is 26.0. The van der Waals surface area contributed by atoms with E-state index in [1.807, 2.05) is 12.1 Å². The summed E-state index contributed by atoms with van der Waals surface area (Å²) in [7, 11) is -3.53. The second-order valence-corrected chi connectivity index (χ2v) is 6.47. The Morgan fingerprint density at radius 2 is 1.95 bits per heavy atom. The van der Waals surface area contributed by atoms with Gasteiger partial charge >= 0.3 is 0 Å². The van der Waals surface area contributed by atoms with Crippen molar-refractivity contribution in [2.75, 3.05) is 13.1 Å². The topological polar surface area (TPSA) is 85.0 Å². The lowest BCUT2D eigenvalue weighted by atomic mass is 10.1. The van der Waals surface area contributed by atoms with Gasteiger partial charge in [0.1, 0.15) is 0 Å². The third-order valence-corrected chi connectivity index (χ3v) is 4.79. The predicted octanol–water partition coefficient (Wildman–Crippen LogP) is 1.87. The highest BCUT2D eigenvalue weighted by molar-refractivity contribution is 7.88. The molecule has 0 spiro atoms. The average molecular weight is 291 g/mol.